The van der Waals surface area contributed by atoms with Crippen LogP contribution >= 0.6 is 0 Å². The topological polar surface area (TPSA) is 68.0 Å². The lowest BCUT2D eigenvalue weighted by Gasteiger charge is -2.33. The Morgan fingerprint density at radius 3 is 2.48 bits per heavy atom. The Kier molecular flexibility index (Phi) is 6.34. The second kappa shape index (κ2) is 8.28. The molecule has 1 N–H and O–H groups in total. The SMILES string of the molecule is CC(C)c1noc(CCCC(=O)N[C@@H](C)C(C)(C)c2ccccc2)n1. The quantitative estimate of drug-likeness (QED) is 0.786. The summed E-state index contributed by atoms with van der Waals surface area (Å²) < 4.78 is 5.21. The maximum Gasteiger partial charge on any atom is 0.226 e. The van der Waals surface area contributed by atoms with Crippen molar-refractivity contribution in [2.24, 2.45) is 0 Å². The van der Waals surface area contributed by atoms with Gasteiger partial charge in [0.1, 0.15) is 0 Å². The van der Waals surface area contributed by atoms with Crippen LogP contribution in [-0.4, -0.2) is 22.1 Å². The van der Waals surface area contributed by atoms with Gasteiger partial charge < -0.3 is 9.84 Å². The molecule has 2 rings (SSSR count). The van der Waals surface area contributed by atoms with E-state index in [9.17, 15) is 4.79 Å². The summed E-state index contributed by atoms with van der Waals surface area (Å²) in [4.78, 5) is 16.6. The Balaban J connectivity index is 1.81. The molecule has 0 fully saturated rings. The minimum absolute atomic E-state index is 0.0401. The number of carbonyl (C=O) groups is 1. The summed E-state index contributed by atoms with van der Waals surface area (Å²) >= 11 is 0. The van der Waals surface area contributed by atoms with Crippen molar-refractivity contribution < 1.29 is 9.32 Å². The van der Waals surface area contributed by atoms with Crippen molar-refractivity contribution in [1.29, 1.82) is 0 Å². The van der Waals surface area contributed by atoms with Gasteiger partial charge in [-0.25, -0.2) is 0 Å². The molecule has 5 nitrogen and oxygen atoms in total. The summed E-state index contributed by atoms with van der Waals surface area (Å²) in [7, 11) is 0. The van der Waals surface area contributed by atoms with Crippen molar-refractivity contribution in [3.8, 4) is 0 Å². The van der Waals surface area contributed by atoms with Crippen LogP contribution in [0.25, 0.3) is 0 Å². The molecular formula is C20H29N3O2. The van der Waals surface area contributed by atoms with Crippen molar-refractivity contribution in [1.82, 2.24) is 15.5 Å². The van der Waals surface area contributed by atoms with Crippen molar-refractivity contribution in [2.75, 3.05) is 0 Å². The maximum absolute atomic E-state index is 12.3. The Hall–Kier alpha value is -2.17. The van der Waals surface area contributed by atoms with Gasteiger partial charge in [0.15, 0.2) is 5.82 Å². The number of aromatic nitrogens is 2. The first-order valence-electron chi connectivity index (χ1n) is 8.98. The largest absolute Gasteiger partial charge is 0.353 e. The number of rotatable bonds is 8. The molecule has 0 aliphatic carbocycles. The molecule has 1 aromatic heterocycles. The summed E-state index contributed by atoms with van der Waals surface area (Å²) in [6, 6.07) is 10.3. The number of hydrogen-bond acceptors (Lipinski definition) is 4. The van der Waals surface area contributed by atoms with Crippen LogP contribution in [0.4, 0.5) is 0 Å². The third kappa shape index (κ3) is 5.15. The van der Waals surface area contributed by atoms with E-state index in [4.69, 9.17) is 4.52 Å². The number of hydrogen-bond donors (Lipinski definition) is 1. The number of nitrogens with zero attached hydrogens (tertiary/aromatic N) is 2. The van der Waals surface area contributed by atoms with E-state index in [0.29, 0.717) is 25.2 Å². The molecule has 0 radical (unpaired) electrons. The second-order valence-corrected chi connectivity index (χ2v) is 7.43. The fraction of sp³-hybridized carbons (Fsp3) is 0.550. The fourth-order valence-corrected chi connectivity index (χ4v) is 2.62. The summed E-state index contributed by atoms with van der Waals surface area (Å²) in [5.41, 5.74) is 1.09. The molecule has 0 aliphatic rings. The summed E-state index contributed by atoms with van der Waals surface area (Å²) in [5, 5.41) is 7.06. The van der Waals surface area contributed by atoms with Gasteiger partial charge in [0.2, 0.25) is 11.8 Å². The molecule has 0 aliphatic heterocycles. The van der Waals surface area contributed by atoms with Crippen LogP contribution < -0.4 is 5.32 Å². The van der Waals surface area contributed by atoms with Gasteiger partial charge in [0, 0.05) is 30.2 Å². The van der Waals surface area contributed by atoms with E-state index in [2.05, 4.69) is 48.4 Å². The van der Waals surface area contributed by atoms with Crippen LogP contribution in [0.1, 0.15) is 70.7 Å². The van der Waals surface area contributed by atoms with E-state index in [1.54, 1.807) is 0 Å². The van der Waals surface area contributed by atoms with Crippen LogP contribution in [0.3, 0.4) is 0 Å². The Morgan fingerprint density at radius 1 is 1.20 bits per heavy atom. The molecule has 0 unspecified atom stereocenters. The monoisotopic (exact) mass is 343 g/mol. The predicted molar refractivity (Wildman–Crippen MR) is 98.4 cm³/mol. The van der Waals surface area contributed by atoms with Gasteiger partial charge in [-0.05, 0) is 18.9 Å². The average Bonchev–Trinajstić information content (AvgIpc) is 3.04. The number of nitrogens with one attached hydrogen (secondary N) is 1. The molecule has 1 amide bonds. The van der Waals surface area contributed by atoms with Gasteiger partial charge in [-0.2, -0.15) is 4.98 Å². The van der Waals surface area contributed by atoms with Crippen molar-refractivity contribution >= 4 is 5.91 Å². The van der Waals surface area contributed by atoms with Crippen molar-refractivity contribution in [2.45, 2.75) is 71.3 Å². The number of benzene rings is 1. The van der Waals surface area contributed by atoms with Crippen LogP contribution in [0.15, 0.2) is 34.9 Å². The zero-order valence-corrected chi connectivity index (χ0v) is 15.9. The lowest BCUT2D eigenvalue weighted by molar-refractivity contribution is -0.122. The molecule has 0 spiro atoms. The standard InChI is InChI=1S/C20H29N3O2/c1-14(2)19-22-18(25-23-19)13-9-12-17(24)21-15(3)20(4,5)16-10-7-6-8-11-16/h6-8,10-11,14-15H,9,12-13H2,1-5H3,(H,21,24)/t15-/m0/s1. The lowest BCUT2D eigenvalue weighted by Crippen LogP contribution is -2.45. The smallest absolute Gasteiger partial charge is 0.226 e. The Labute approximate surface area is 150 Å². The number of carbonyl (C=O) groups excluding carboxylic acids is 1. The number of aryl methyl sites for hydroxylation is 1. The summed E-state index contributed by atoms with van der Waals surface area (Å²) in [5.74, 6) is 1.63. The maximum atomic E-state index is 12.3. The first-order valence-corrected chi connectivity index (χ1v) is 8.98. The van der Waals surface area contributed by atoms with E-state index in [-0.39, 0.29) is 23.3 Å². The van der Waals surface area contributed by atoms with Gasteiger partial charge in [-0.15, -0.1) is 0 Å². The molecule has 5 heteroatoms. The molecular weight excluding hydrogens is 314 g/mol. The number of amides is 1. The molecule has 0 saturated carbocycles. The molecule has 1 heterocycles. The van der Waals surface area contributed by atoms with E-state index < -0.39 is 0 Å². The third-order valence-corrected chi connectivity index (χ3v) is 4.77. The van der Waals surface area contributed by atoms with Crippen molar-refractivity contribution in [3.05, 3.63) is 47.6 Å². The Bertz CT molecular complexity index is 677. The molecule has 0 saturated heterocycles. The van der Waals surface area contributed by atoms with Crippen LogP contribution in [0, 0.1) is 0 Å². The van der Waals surface area contributed by atoms with E-state index in [1.165, 1.54) is 5.56 Å². The minimum atomic E-state index is -0.129. The highest BCUT2D eigenvalue weighted by atomic mass is 16.5. The average molecular weight is 343 g/mol. The van der Waals surface area contributed by atoms with Gasteiger partial charge in [-0.1, -0.05) is 63.2 Å². The molecule has 1 atom stereocenters. The normalized spacial score (nSPS) is 13.0. The third-order valence-electron chi connectivity index (χ3n) is 4.77. The van der Waals surface area contributed by atoms with E-state index in [0.717, 1.165) is 5.82 Å². The molecule has 0 bridgehead atoms. The van der Waals surface area contributed by atoms with Gasteiger partial charge >= 0.3 is 0 Å². The van der Waals surface area contributed by atoms with Crippen LogP contribution in [0.2, 0.25) is 0 Å². The fourth-order valence-electron chi connectivity index (χ4n) is 2.62. The highest BCUT2D eigenvalue weighted by Gasteiger charge is 2.28. The van der Waals surface area contributed by atoms with Gasteiger partial charge in [-0.3, -0.25) is 4.79 Å². The molecule has 2 aromatic rings. The zero-order chi connectivity index (χ0) is 18.4. The predicted octanol–water partition coefficient (Wildman–Crippen LogP) is 4.00. The van der Waals surface area contributed by atoms with Gasteiger partial charge in [0.25, 0.3) is 0 Å². The second-order valence-electron chi connectivity index (χ2n) is 7.43. The first kappa shape index (κ1) is 19.2. The van der Waals surface area contributed by atoms with Crippen LogP contribution in [0.5, 0.6) is 0 Å². The summed E-state index contributed by atoms with van der Waals surface area (Å²) in [6.45, 7) is 10.4. The Morgan fingerprint density at radius 2 is 1.88 bits per heavy atom. The zero-order valence-electron chi connectivity index (χ0n) is 15.9. The van der Waals surface area contributed by atoms with Gasteiger partial charge in [0.05, 0.1) is 0 Å². The molecule has 136 valence electrons. The summed E-state index contributed by atoms with van der Waals surface area (Å²) in [6.07, 6.45) is 1.78. The highest BCUT2D eigenvalue weighted by molar-refractivity contribution is 5.76. The highest BCUT2D eigenvalue weighted by Crippen LogP contribution is 2.26. The van der Waals surface area contributed by atoms with Crippen LogP contribution in [-0.2, 0) is 16.6 Å². The van der Waals surface area contributed by atoms with E-state index >= 15 is 0 Å². The van der Waals surface area contributed by atoms with E-state index in [1.807, 2.05) is 32.0 Å². The molecule has 1 aromatic carbocycles. The first-order chi connectivity index (χ1) is 11.8. The molecule has 25 heavy (non-hydrogen) atoms. The van der Waals surface area contributed by atoms with Crippen molar-refractivity contribution in [3.63, 3.8) is 0 Å². The lowest BCUT2D eigenvalue weighted by atomic mass is 9.78. The minimum Gasteiger partial charge on any atom is -0.353 e.